The van der Waals surface area contributed by atoms with Gasteiger partial charge >= 0.3 is 0 Å². The summed E-state index contributed by atoms with van der Waals surface area (Å²) in [6.45, 7) is 7.71. The van der Waals surface area contributed by atoms with E-state index in [9.17, 15) is 9.59 Å². The molecule has 128 valence electrons. The molecule has 0 fully saturated rings. The number of rotatable bonds is 8. The molecular weight excluding hydrogens is 304 g/mol. The SMILES string of the molecule is CCN(CC)Cc1ccc(CNC(=O)c2ccc(C(N)=O)[nH]2)cc1. The highest BCUT2D eigenvalue weighted by atomic mass is 16.2. The van der Waals surface area contributed by atoms with Crippen LogP contribution in [-0.2, 0) is 13.1 Å². The highest BCUT2D eigenvalue weighted by Gasteiger charge is 2.10. The number of nitrogens with zero attached hydrogens (tertiary/aromatic N) is 1. The van der Waals surface area contributed by atoms with E-state index in [1.807, 2.05) is 12.1 Å². The van der Waals surface area contributed by atoms with Crippen LogP contribution >= 0.6 is 0 Å². The molecule has 0 bridgehead atoms. The Morgan fingerprint density at radius 1 is 1.00 bits per heavy atom. The van der Waals surface area contributed by atoms with Crippen LogP contribution in [0.4, 0.5) is 0 Å². The third-order valence-corrected chi connectivity index (χ3v) is 3.97. The number of carbonyl (C=O) groups excluding carboxylic acids is 2. The smallest absolute Gasteiger partial charge is 0.267 e. The van der Waals surface area contributed by atoms with Gasteiger partial charge in [0, 0.05) is 13.1 Å². The van der Waals surface area contributed by atoms with Gasteiger partial charge in [0.2, 0.25) is 0 Å². The molecule has 6 heteroatoms. The van der Waals surface area contributed by atoms with Crippen molar-refractivity contribution in [1.29, 1.82) is 0 Å². The molecule has 1 aromatic carbocycles. The van der Waals surface area contributed by atoms with Crippen LogP contribution < -0.4 is 11.1 Å². The molecule has 2 aromatic rings. The van der Waals surface area contributed by atoms with Crippen molar-refractivity contribution in [2.24, 2.45) is 5.73 Å². The Morgan fingerprint density at radius 3 is 2.12 bits per heavy atom. The van der Waals surface area contributed by atoms with Gasteiger partial charge in [0.05, 0.1) is 0 Å². The van der Waals surface area contributed by atoms with Crippen molar-refractivity contribution in [2.75, 3.05) is 13.1 Å². The maximum Gasteiger partial charge on any atom is 0.267 e. The summed E-state index contributed by atoms with van der Waals surface area (Å²) in [6.07, 6.45) is 0. The highest BCUT2D eigenvalue weighted by Crippen LogP contribution is 2.08. The minimum absolute atomic E-state index is 0.223. The van der Waals surface area contributed by atoms with E-state index < -0.39 is 5.91 Å². The lowest BCUT2D eigenvalue weighted by Crippen LogP contribution is -2.24. The van der Waals surface area contributed by atoms with E-state index >= 15 is 0 Å². The first-order valence-electron chi connectivity index (χ1n) is 8.10. The van der Waals surface area contributed by atoms with Gasteiger partial charge in [-0.25, -0.2) is 0 Å². The molecule has 0 unspecified atom stereocenters. The van der Waals surface area contributed by atoms with Gasteiger partial charge in [-0.3, -0.25) is 14.5 Å². The van der Waals surface area contributed by atoms with Gasteiger partial charge in [-0.1, -0.05) is 38.1 Å². The van der Waals surface area contributed by atoms with E-state index in [0.717, 1.165) is 25.2 Å². The first kappa shape index (κ1) is 17.7. The largest absolute Gasteiger partial charge is 0.364 e. The summed E-state index contributed by atoms with van der Waals surface area (Å²) in [5.74, 6) is -0.854. The van der Waals surface area contributed by atoms with Gasteiger partial charge in [-0.05, 0) is 36.3 Å². The van der Waals surface area contributed by atoms with Crippen LogP contribution in [0.15, 0.2) is 36.4 Å². The number of primary amides is 1. The number of amides is 2. The molecule has 2 rings (SSSR count). The molecule has 0 saturated heterocycles. The second-order valence-electron chi connectivity index (χ2n) is 5.61. The summed E-state index contributed by atoms with van der Waals surface area (Å²) < 4.78 is 0. The van der Waals surface area contributed by atoms with Crippen LogP contribution in [-0.4, -0.2) is 34.8 Å². The topological polar surface area (TPSA) is 91.2 Å². The second kappa shape index (κ2) is 8.31. The lowest BCUT2D eigenvalue weighted by atomic mass is 10.1. The van der Waals surface area contributed by atoms with Crippen molar-refractivity contribution < 1.29 is 9.59 Å². The van der Waals surface area contributed by atoms with Gasteiger partial charge in [0.1, 0.15) is 11.4 Å². The monoisotopic (exact) mass is 328 g/mol. The van der Waals surface area contributed by atoms with Gasteiger partial charge in [-0.15, -0.1) is 0 Å². The summed E-state index contributed by atoms with van der Waals surface area (Å²) in [7, 11) is 0. The Kier molecular flexibility index (Phi) is 6.14. The standard InChI is InChI=1S/C18H24N4O2/c1-3-22(4-2)12-14-7-5-13(6-8-14)11-20-18(24)16-10-9-15(21-16)17(19)23/h5-10,21H,3-4,11-12H2,1-2H3,(H2,19,23)(H,20,24). The summed E-state index contributed by atoms with van der Waals surface area (Å²) in [5.41, 5.74) is 7.98. The molecule has 4 N–H and O–H groups in total. The molecule has 6 nitrogen and oxygen atoms in total. The summed E-state index contributed by atoms with van der Waals surface area (Å²) in [5, 5.41) is 2.82. The van der Waals surface area contributed by atoms with Crippen molar-refractivity contribution in [1.82, 2.24) is 15.2 Å². The quantitative estimate of drug-likeness (QED) is 0.691. The van der Waals surface area contributed by atoms with Crippen LogP contribution in [0.25, 0.3) is 0 Å². The van der Waals surface area contributed by atoms with E-state index in [2.05, 4.69) is 41.2 Å². The fraction of sp³-hybridized carbons (Fsp3) is 0.333. The Labute approximate surface area is 142 Å². The lowest BCUT2D eigenvalue weighted by molar-refractivity contribution is 0.0946. The van der Waals surface area contributed by atoms with Gasteiger partial charge in [-0.2, -0.15) is 0 Å². The Hall–Kier alpha value is -2.60. The molecule has 0 atom stereocenters. The van der Waals surface area contributed by atoms with Gasteiger partial charge in [0.15, 0.2) is 0 Å². The summed E-state index contributed by atoms with van der Waals surface area (Å²) in [4.78, 5) is 28.1. The first-order valence-corrected chi connectivity index (χ1v) is 8.10. The number of aromatic amines is 1. The predicted octanol–water partition coefficient (Wildman–Crippen LogP) is 1.89. The van der Waals surface area contributed by atoms with Gasteiger partial charge in [0.25, 0.3) is 11.8 Å². The normalized spacial score (nSPS) is 10.8. The fourth-order valence-electron chi connectivity index (χ4n) is 2.42. The molecule has 1 aromatic heterocycles. The van der Waals surface area contributed by atoms with Crippen LogP contribution in [0, 0.1) is 0 Å². The molecule has 0 aliphatic heterocycles. The number of nitrogens with two attached hydrogens (primary N) is 1. The van der Waals surface area contributed by atoms with E-state index in [-0.39, 0.29) is 11.6 Å². The zero-order valence-electron chi connectivity index (χ0n) is 14.1. The number of nitrogens with one attached hydrogen (secondary N) is 2. The maximum absolute atomic E-state index is 12.0. The van der Waals surface area contributed by atoms with E-state index in [1.165, 1.54) is 11.6 Å². The second-order valence-corrected chi connectivity index (χ2v) is 5.61. The zero-order valence-corrected chi connectivity index (χ0v) is 14.1. The van der Waals surface area contributed by atoms with Crippen molar-refractivity contribution in [3.8, 4) is 0 Å². The molecular formula is C18H24N4O2. The summed E-state index contributed by atoms with van der Waals surface area (Å²) >= 11 is 0. The minimum atomic E-state index is -0.585. The van der Waals surface area contributed by atoms with Gasteiger partial charge < -0.3 is 16.0 Å². The van der Waals surface area contributed by atoms with Crippen molar-refractivity contribution in [3.63, 3.8) is 0 Å². The number of carbonyl (C=O) groups is 2. The Balaban J connectivity index is 1.89. The zero-order chi connectivity index (χ0) is 17.5. The third-order valence-electron chi connectivity index (χ3n) is 3.97. The number of H-pyrrole nitrogens is 1. The lowest BCUT2D eigenvalue weighted by Gasteiger charge is -2.18. The average Bonchev–Trinajstić information content (AvgIpc) is 3.09. The number of benzene rings is 1. The maximum atomic E-state index is 12.0. The van der Waals surface area contributed by atoms with Crippen molar-refractivity contribution in [2.45, 2.75) is 26.9 Å². The van der Waals surface area contributed by atoms with Crippen molar-refractivity contribution in [3.05, 3.63) is 58.9 Å². The molecule has 24 heavy (non-hydrogen) atoms. The highest BCUT2D eigenvalue weighted by molar-refractivity contribution is 5.96. The fourth-order valence-corrected chi connectivity index (χ4v) is 2.42. The average molecular weight is 328 g/mol. The van der Waals surface area contributed by atoms with E-state index in [1.54, 1.807) is 6.07 Å². The molecule has 2 amide bonds. The summed E-state index contributed by atoms with van der Waals surface area (Å²) in [6, 6.07) is 11.2. The molecule has 0 saturated carbocycles. The van der Waals surface area contributed by atoms with Crippen LogP contribution in [0.2, 0.25) is 0 Å². The molecule has 0 aliphatic rings. The van der Waals surface area contributed by atoms with Crippen LogP contribution in [0.3, 0.4) is 0 Å². The Bertz CT molecular complexity index is 687. The number of aromatic nitrogens is 1. The minimum Gasteiger partial charge on any atom is -0.364 e. The Morgan fingerprint density at radius 2 is 1.58 bits per heavy atom. The molecule has 0 radical (unpaired) electrons. The first-order chi connectivity index (χ1) is 11.5. The third kappa shape index (κ3) is 4.70. The number of hydrogen-bond donors (Lipinski definition) is 3. The van der Waals surface area contributed by atoms with Crippen molar-refractivity contribution >= 4 is 11.8 Å². The number of hydrogen-bond acceptors (Lipinski definition) is 3. The molecule has 1 heterocycles. The molecule has 0 spiro atoms. The van der Waals surface area contributed by atoms with Crippen LogP contribution in [0.1, 0.15) is 46.0 Å². The van der Waals surface area contributed by atoms with E-state index in [0.29, 0.717) is 12.2 Å². The predicted molar refractivity (Wildman–Crippen MR) is 93.5 cm³/mol. The van der Waals surface area contributed by atoms with E-state index in [4.69, 9.17) is 5.73 Å². The molecule has 0 aliphatic carbocycles. The van der Waals surface area contributed by atoms with Crippen LogP contribution in [0.5, 0.6) is 0 Å².